The van der Waals surface area contributed by atoms with Gasteiger partial charge in [0, 0.05) is 38.5 Å². The Hall–Kier alpha value is -3.35. The smallest absolute Gasteiger partial charge is 0.271 e. The summed E-state index contributed by atoms with van der Waals surface area (Å²) < 4.78 is 17.7. The molecule has 0 atom stereocenters. The van der Waals surface area contributed by atoms with Gasteiger partial charge in [-0.1, -0.05) is 0 Å². The van der Waals surface area contributed by atoms with Crippen LogP contribution < -0.4 is 15.0 Å². The number of pyridine rings is 1. The summed E-state index contributed by atoms with van der Waals surface area (Å²) in [5.41, 5.74) is 0.847. The van der Waals surface area contributed by atoms with Gasteiger partial charge in [-0.2, -0.15) is 5.26 Å². The van der Waals surface area contributed by atoms with Crippen molar-refractivity contribution in [1.82, 2.24) is 9.47 Å². The Morgan fingerprint density at radius 3 is 2.65 bits per heavy atom. The van der Waals surface area contributed by atoms with Crippen LogP contribution in [0.4, 0.5) is 5.69 Å². The van der Waals surface area contributed by atoms with Crippen molar-refractivity contribution < 1.29 is 19.3 Å². The lowest BCUT2D eigenvalue weighted by molar-refractivity contribution is 0.0360. The number of aromatic hydroxyl groups is 1. The van der Waals surface area contributed by atoms with E-state index in [1.54, 1.807) is 25.1 Å². The van der Waals surface area contributed by atoms with E-state index in [0.29, 0.717) is 61.3 Å². The second-order valence-corrected chi connectivity index (χ2v) is 7.35. The number of fused-ring (bicyclic) bond motifs is 1. The Kier molecular flexibility index (Phi) is 6.21. The maximum Gasteiger partial charge on any atom is 0.271 e. The first-order valence-electron chi connectivity index (χ1n) is 10.2. The number of aliphatic imine (C=N–C) groups is 1. The predicted molar refractivity (Wildman–Crippen MR) is 114 cm³/mol. The zero-order valence-electron chi connectivity index (χ0n) is 17.3. The molecule has 1 aromatic heterocycles. The third-order valence-electron chi connectivity index (χ3n) is 5.46. The van der Waals surface area contributed by atoms with Crippen LogP contribution in [0.3, 0.4) is 0 Å². The highest BCUT2D eigenvalue weighted by atomic mass is 16.6. The molecule has 2 aliphatic heterocycles. The fourth-order valence-electron chi connectivity index (χ4n) is 3.65. The van der Waals surface area contributed by atoms with Gasteiger partial charge in [0.2, 0.25) is 5.88 Å². The van der Waals surface area contributed by atoms with Crippen LogP contribution in [0.15, 0.2) is 28.0 Å². The largest absolute Gasteiger partial charge is 0.494 e. The quantitative estimate of drug-likeness (QED) is 0.726. The summed E-state index contributed by atoms with van der Waals surface area (Å²) in [4.78, 5) is 19.4. The second kappa shape index (κ2) is 9.20. The van der Waals surface area contributed by atoms with Crippen LogP contribution in [0.1, 0.15) is 16.7 Å². The van der Waals surface area contributed by atoms with Crippen molar-refractivity contribution in [3.8, 4) is 23.4 Å². The minimum absolute atomic E-state index is 0.00315. The summed E-state index contributed by atoms with van der Waals surface area (Å²) >= 11 is 0. The highest BCUT2D eigenvalue weighted by molar-refractivity contribution is 5.87. The highest BCUT2D eigenvalue weighted by Gasteiger charge is 2.19. The van der Waals surface area contributed by atoms with Gasteiger partial charge >= 0.3 is 0 Å². The molecular weight excluding hydrogens is 400 g/mol. The molecule has 2 aliphatic rings. The maximum atomic E-state index is 12.8. The summed E-state index contributed by atoms with van der Waals surface area (Å²) in [7, 11) is 0. The number of ether oxygens (including phenoxy) is 3. The Morgan fingerprint density at radius 1 is 1.16 bits per heavy atom. The monoisotopic (exact) mass is 424 g/mol. The molecule has 1 fully saturated rings. The van der Waals surface area contributed by atoms with Crippen molar-refractivity contribution in [3.05, 3.63) is 45.2 Å². The number of nitrogens with zero attached hydrogens (tertiary/aromatic N) is 4. The molecule has 0 saturated carbocycles. The topological polar surface area (TPSA) is 109 Å². The number of aromatic nitrogens is 1. The Bertz CT molecular complexity index is 1100. The van der Waals surface area contributed by atoms with E-state index in [1.807, 2.05) is 6.07 Å². The van der Waals surface area contributed by atoms with Gasteiger partial charge in [0.1, 0.15) is 24.8 Å². The average Bonchev–Trinajstić information content (AvgIpc) is 2.80. The van der Waals surface area contributed by atoms with E-state index in [4.69, 9.17) is 14.2 Å². The van der Waals surface area contributed by atoms with Crippen LogP contribution in [0, 0.1) is 18.3 Å². The highest BCUT2D eigenvalue weighted by Crippen LogP contribution is 2.33. The number of benzene rings is 1. The molecule has 0 amide bonds. The van der Waals surface area contributed by atoms with Crippen LogP contribution in [-0.4, -0.2) is 66.8 Å². The molecule has 0 radical (unpaired) electrons. The molecule has 0 unspecified atom stereocenters. The average molecular weight is 424 g/mol. The lowest BCUT2D eigenvalue weighted by Crippen LogP contribution is -2.39. The van der Waals surface area contributed by atoms with Gasteiger partial charge < -0.3 is 19.3 Å². The van der Waals surface area contributed by atoms with Gasteiger partial charge in [-0.3, -0.25) is 19.3 Å². The second-order valence-electron chi connectivity index (χ2n) is 7.35. The zero-order valence-corrected chi connectivity index (χ0v) is 17.3. The lowest BCUT2D eigenvalue weighted by Gasteiger charge is -2.27. The molecule has 9 heteroatoms. The predicted octanol–water partition coefficient (Wildman–Crippen LogP) is 1.59. The maximum absolute atomic E-state index is 12.8. The molecule has 0 aliphatic carbocycles. The minimum atomic E-state index is -0.498. The minimum Gasteiger partial charge on any atom is -0.494 e. The number of morpholine rings is 1. The molecule has 31 heavy (non-hydrogen) atoms. The Labute approximate surface area is 179 Å². The molecule has 1 saturated heterocycles. The normalized spacial score (nSPS) is 16.4. The SMILES string of the molecule is Cc1c(C=Nc2ccc3c(c2)OCCO3)c(O)n(CCN2CCOCC2)c(=O)c1C#N. The first-order valence-corrected chi connectivity index (χ1v) is 10.2. The molecule has 1 N–H and O–H groups in total. The van der Waals surface area contributed by atoms with E-state index >= 15 is 0 Å². The van der Waals surface area contributed by atoms with Crippen molar-refractivity contribution in [3.63, 3.8) is 0 Å². The van der Waals surface area contributed by atoms with Gasteiger partial charge in [0.05, 0.1) is 24.5 Å². The van der Waals surface area contributed by atoms with Gasteiger partial charge in [-0.15, -0.1) is 0 Å². The molecule has 4 rings (SSSR count). The van der Waals surface area contributed by atoms with E-state index in [-0.39, 0.29) is 18.0 Å². The first-order chi connectivity index (χ1) is 15.1. The van der Waals surface area contributed by atoms with Crippen molar-refractivity contribution >= 4 is 11.9 Å². The van der Waals surface area contributed by atoms with Gasteiger partial charge in [-0.05, 0) is 24.6 Å². The molecule has 2 aromatic rings. The van der Waals surface area contributed by atoms with E-state index in [1.165, 1.54) is 10.8 Å². The molecule has 3 heterocycles. The van der Waals surface area contributed by atoms with Crippen molar-refractivity contribution in [2.24, 2.45) is 4.99 Å². The van der Waals surface area contributed by atoms with Gasteiger partial charge in [0.15, 0.2) is 11.5 Å². The Morgan fingerprint density at radius 2 is 1.90 bits per heavy atom. The first kappa shape index (κ1) is 20.9. The summed E-state index contributed by atoms with van der Waals surface area (Å²) in [5, 5.41) is 20.4. The van der Waals surface area contributed by atoms with E-state index in [9.17, 15) is 15.2 Å². The lowest BCUT2D eigenvalue weighted by atomic mass is 10.1. The van der Waals surface area contributed by atoms with E-state index in [2.05, 4.69) is 9.89 Å². The van der Waals surface area contributed by atoms with Crippen LogP contribution in [-0.2, 0) is 11.3 Å². The van der Waals surface area contributed by atoms with E-state index in [0.717, 1.165) is 13.1 Å². The number of nitriles is 1. The third kappa shape index (κ3) is 4.40. The number of rotatable bonds is 5. The standard InChI is InChI=1S/C22H24N4O5/c1-15-17(13-23)21(27)26(5-4-25-6-8-29-9-7-25)22(28)18(15)14-24-16-2-3-19-20(12-16)31-11-10-30-19/h2-3,12,14,28H,4-11H2,1H3. The van der Waals surface area contributed by atoms with Gasteiger partial charge in [0.25, 0.3) is 5.56 Å². The van der Waals surface area contributed by atoms with Crippen molar-refractivity contribution in [2.75, 3.05) is 46.1 Å². The van der Waals surface area contributed by atoms with Crippen LogP contribution in [0.2, 0.25) is 0 Å². The van der Waals surface area contributed by atoms with E-state index < -0.39 is 5.56 Å². The summed E-state index contributed by atoms with van der Waals surface area (Å²) in [6.45, 7) is 6.28. The van der Waals surface area contributed by atoms with Crippen molar-refractivity contribution in [2.45, 2.75) is 13.5 Å². The zero-order chi connectivity index (χ0) is 21.8. The number of hydrogen-bond acceptors (Lipinski definition) is 8. The molecule has 0 bridgehead atoms. The molecule has 162 valence electrons. The van der Waals surface area contributed by atoms with Crippen molar-refractivity contribution in [1.29, 1.82) is 5.26 Å². The van der Waals surface area contributed by atoms with Gasteiger partial charge in [-0.25, -0.2) is 0 Å². The van der Waals surface area contributed by atoms with Crippen LogP contribution in [0.25, 0.3) is 0 Å². The summed E-state index contributed by atoms with van der Waals surface area (Å²) in [6, 6.07) is 7.27. The fraction of sp³-hybridized carbons (Fsp3) is 0.409. The summed E-state index contributed by atoms with van der Waals surface area (Å²) in [5.74, 6) is 1.07. The summed E-state index contributed by atoms with van der Waals surface area (Å²) in [6.07, 6.45) is 1.47. The number of hydrogen-bond donors (Lipinski definition) is 1. The molecule has 1 aromatic carbocycles. The van der Waals surface area contributed by atoms with Crippen LogP contribution in [0.5, 0.6) is 17.4 Å². The third-order valence-corrected chi connectivity index (χ3v) is 5.46. The molecule has 0 spiro atoms. The molecule has 9 nitrogen and oxygen atoms in total. The van der Waals surface area contributed by atoms with Crippen LogP contribution >= 0.6 is 0 Å². The molecular formula is C22H24N4O5. The Balaban J connectivity index is 1.64. The fourth-order valence-corrected chi connectivity index (χ4v) is 3.65.